The summed E-state index contributed by atoms with van der Waals surface area (Å²) in [6.07, 6.45) is 0. The molecule has 0 fully saturated rings. The number of nitrogens with one attached hydrogen (secondary N) is 3. The van der Waals surface area contributed by atoms with Crippen LogP contribution >= 0.6 is 19.2 Å². The third-order valence-corrected chi connectivity index (χ3v) is 6.31. The van der Waals surface area contributed by atoms with E-state index in [0.29, 0.717) is 22.0 Å². The fourth-order valence-corrected chi connectivity index (χ4v) is 4.59. The highest BCUT2D eigenvalue weighted by molar-refractivity contribution is 7.68. The number of anilines is 3. The van der Waals surface area contributed by atoms with Crippen LogP contribution in [0.2, 0.25) is 5.02 Å². The van der Waals surface area contributed by atoms with Crippen molar-refractivity contribution in [3.63, 3.8) is 0 Å². The molecule has 0 radical (unpaired) electrons. The van der Waals surface area contributed by atoms with Crippen LogP contribution in [0.5, 0.6) is 0 Å². The lowest BCUT2D eigenvalue weighted by atomic mass is 10.2. The average molecular weight is 454 g/mol. The number of aryl methyl sites for hydroxylation is 2. The first-order valence-electron chi connectivity index (χ1n) is 9.56. The van der Waals surface area contributed by atoms with Crippen LogP contribution in [0.3, 0.4) is 0 Å². The van der Waals surface area contributed by atoms with Crippen LogP contribution in [0.4, 0.5) is 17.4 Å². The number of hydrogen-bond acceptors (Lipinski definition) is 4. The molecule has 158 valence electrons. The Labute approximate surface area is 185 Å². The summed E-state index contributed by atoms with van der Waals surface area (Å²) >= 11 is 6.04. The van der Waals surface area contributed by atoms with Crippen LogP contribution < -0.4 is 15.3 Å². The normalized spacial score (nSPS) is 11.2. The monoisotopic (exact) mass is 453 g/mol. The van der Waals surface area contributed by atoms with E-state index in [1.165, 1.54) is 0 Å². The van der Waals surface area contributed by atoms with Gasteiger partial charge < -0.3 is 14.6 Å². The summed E-state index contributed by atoms with van der Waals surface area (Å²) in [5.41, 5.74) is 4.22. The molecule has 0 unspecified atom stereocenters. The number of nitrogens with zero attached hydrogens (tertiary/aromatic N) is 2. The molecule has 1 heterocycles. The highest BCUT2D eigenvalue weighted by Gasteiger charge is 2.25. The summed E-state index contributed by atoms with van der Waals surface area (Å²) in [4.78, 5) is 0. The van der Waals surface area contributed by atoms with Crippen molar-refractivity contribution in [3.05, 3.63) is 88.9 Å². The Balaban J connectivity index is 1.61. The largest absolute Gasteiger partial charge is 0.403 e. The molecule has 9 heteroatoms. The molecule has 0 atom stereocenters. The van der Waals surface area contributed by atoms with E-state index in [2.05, 4.69) is 25.5 Å². The maximum atomic E-state index is 13.8. The van der Waals surface area contributed by atoms with E-state index in [0.717, 1.165) is 11.1 Å². The minimum absolute atomic E-state index is 0.0116. The number of rotatable bonds is 7. The topological polar surface area (TPSA) is 92.1 Å². The molecule has 0 saturated carbocycles. The Kier molecular flexibility index (Phi) is 5.98. The number of hydrogen-bond donors (Lipinski definition) is 3. The SMILES string of the molecule is Cc1ccc(NP(=O)(Nc2ccc(C)cc2)Nc2nnc(-c3cccc(Cl)c3)o2)cc1. The van der Waals surface area contributed by atoms with E-state index in [4.69, 9.17) is 16.0 Å². The number of aromatic nitrogens is 2. The Morgan fingerprint density at radius 3 is 1.94 bits per heavy atom. The van der Waals surface area contributed by atoms with Crippen molar-refractivity contribution in [3.8, 4) is 11.5 Å². The molecule has 31 heavy (non-hydrogen) atoms. The zero-order chi connectivity index (χ0) is 21.8. The van der Waals surface area contributed by atoms with Gasteiger partial charge in [-0.15, -0.1) is 5.10 Å². The van der Waals surface area contributed by atoms with Crippen molar-refractivity contribution in [2.45, 2.75) is 13.8 Å². The first-order valence-corrected chi connectivity index (χ1v) is 11.6. The third kappa shape index (κ3) is 5.45. The van der Waals surface area contributed by atoms with Gasteiger partial charge in [0.15, 0.2) is 0 Å². The molecule has 0 aliphatic heterocycles. The molecule has 0 aliphatic carbocycles. The molecule has 1 aromatic heterocycles. The summed E-state index contributed by atoms with van der Waals surface area (Å²) in [6, 6.07) is 22.2. The van der Waals surface area contributed by atoms with Crippen molar-refractivity contribution in [2.75, 3.05) is 15.3 Å². The van der Waals surface area contributed by atoms with Crippen LogP contribution in [0.15, 0.2) is 77.2 Å². The lowest BCUT2D eigenvalue weighted by Gasteiger charge is -2.22. The Hall–Kier alpha value is -3.28. The van der Waals surface area contributed by atoms with Gasteiger partial charge in [-0.25, -0.2) is 0 Å². The predicted octanol–water partition coefficient (Wildman–Crippen LogP) is 6.75. The van der Waals surface area contributed by atoms with E-state index < -0.39 is 7.59 Å². The molecular formula is C22H21ClN5O2P. The first-order chi connectivity index (χ1) is 14.9. The maximum Gasteiger partial charge on any atom is 0.356 e. The number of benzene rings is 3. The van der Waals surface area contributed by atoms with Crippen LogP contribution in [0, 0.1) is 13.8 Å². The van der Waals surface area contributed by atoms with Crippen molar-refractivity contribution in [2.24, 2.45) is 0 Å². The van der Waals surface area contributed by atoms with E-state index in [9.17, 15) is 4.57 Å². The molecule has 3 N–H and O–H groups in total. The van der Waals surface area contributed by atoms with Gasteiger partial charge in [0.05, 0.1) is 0 Å². The zero-order valence-electron chi connectivity index (χ0n) is 17.0. The van der Waals surface area contributed by atoms with Crippen molar-refractivity contribution >= 4 is 36.6 Å². The van der Waals surface area contributed by atoms with Gasteiger partial charge >= 0.3 is 13.6 Å². The highest BCUT2D eigenvalue weighted by Crippen LogP contribution is 2.45. The molecule has 0 spiro atoms. The van der Waals surface area contributed by atoms with E-state index in [1.54, 1.807) is 24.3 Å². The first kappa shape index (κ1) is 21.0. The van der Waals surface area contributed by atoms with Gasteiger partial charge in [-0.1, -0.05) is 58.2 Å². The van der Waals surface area contributed by atoms with Gasteiger partial charge in [-0.3, -0.25) is 9.65 Å². The molecule has 0 bridgehead atoms. The average Bonchev–Trinajstić information content (AvgIpc) is 3.19. The molecule has 3 aromatic carbocycles. The summed E-state index contributed by atoms with van der Waals surface area (Å²) in [5.74, 6) is 0.266. The van der Waals surface area contributed by atoms with E-state index in [-0.39, 0.29) is 11.9 Å². The molecule has 0 aliphatic rings. The van der Waals surface area contributed by atoms with Gasteiger partial charge in [0.25, 0.3) is 0 Å². The van der Waals surface area contributed by atoms with Crippen LogP contribution in [-0.4, -0.2) is 10.2 Å². The fourth-order valence-electron chi connectivity index (χ4n) is 2.84. The molecule has 0 amide bonds. The van der Waals surface area contributed by atoms with Gasteiger partial charge in [-0.05, 0) is 56.3 Å². The van der Waals surface area contributed by atoms with Crippen LogP contribution in [0.1, 0.15) is 11.1 Å². The van der Waals surface area contributed by atoms with E-state index >= 15 is 0 Å². The lowest BCUT2D eigenvalue weighted by Crippen LogP contribution is -2.14. The fraction of sp³-hybridized carbons (Fsp3) is 0.0909. The zero-order valence-corrected chi connectivity index (χ0v) is 18.6. The molecular weight excluding hydrogens is 433 g/mol. The lowest BCUT2D eigenvalue weighted by molar-refractivity contribution is 0.573. The summed E-state index contributed by atoms with van der Waals surface area (Å²) in [7, 11) is -3.48. The van der Waals surface area contributed by atoms with Gasteiger partial charge in [0.2, 0.25) is 5.89 Å². The predicted molar refractivity (Wildman–Crippen MR) is 126 cm³/mol. The van der Waals surface area contributed by atoms with Crippen LogP contribution in [0.25, 0.3) is 11.5 Å². The van der Waals surface area contributed by atoms with Crippen molar-refractivity contribution in [1.29, 1.82) is 0 Å². The van der Waals surface area contributed by atoms with Gasteiger partial charge in [0, 0.05) is 22.0 Å². The molecule has 4 aromatic rings. The van der Waals surface area contributed by atoms with Gasteiger partial charge in [0.1, 0.15) is 0 Å². The minimum Gasteiger partial charge on any atom is -0.403 e. The van der Waals surface area contributed by atoms with Crippen LogP contribution in [-0.2, 0) is 4.57 Å². The summed E-state index contributed by atoms with van der Waals surface area (Å²) in [5, 5.41) is 17.5. The Morgan fingerprint density at radius 1 is 0.806 bits per heavy atom. The highest BCUT2D eigenvalue weighted by atomic mass is 35.5. The maximum absolute atomic E-state index is 13.8. The summed E-state index contributed by atoms with van der Waals surface area (Å²) in [6.45, 7) is 3.98. The second kappa shape index (κ2) is 8.84. The molecule has 0 saturated heterocycles. The standard InChI is InChI=1S/C22H21ClN5O2P/c1-15-6-10-19(11-7-15)26-31(29,27-20-12-8-16(2)9-13-20)28-22-25-24-21(30-22)17-4-3-5-18(23)14-17/h3-14H,1-2H3,(H3,25,26,27,28,29). The summed E-state index contributed by atoms with van der Waals surface area (Å²) < 4.78 is 19.5. The Morgan fingerprint density at radius 2 is 1.39 bits per heavy atom. The second-order valence-corrected chi connectivity index (χ2v) is 9.43. The smallest absolute Gasteiger partial charge is 0.356 e. The third-order valence-electron chi connectivity index (χ3n) is 4.43. The second-order valence-electron chi connectivity index (χ2n) is 7.10. The molecule has 4 rings (SSSR count). The van der Waals surface area contributed by atoms with Gasteiger partial charge in [-0.2, -0.15) is 0 Å². The Bertz CT molecular complexity index is 1170. The van der Waals surface area contributed by atoms with Crippen molar-refractivity contribution < 1.29 is 8.98 Å². The minimum atomic E-state index is -3.48. The van der Waals surface area contributed by atoms with E-state index in [1.807, 2.05) is 62.4 Å². The number of halogens is 1. The molecule has 7 nitrogen and oxygen atoms in total. The quantitative estimate of drug-likeness (QED) is 0.266. The van der Waals surface area contributed by atoms with Crippen molar-refractivity contribution in [1.82, 2.24) is 10.2 Å².